The fourth-order valence-corrected chi connectivity index (χ4v) is 3.93. The molecule has 20 heavy (non-hydrogen) atoms. The second-order valence-corrected chi connectivity index (χ2v) is 7.33. The molecular weight excluding hydrogens is 286 g/mol. The molecule has 1 atom stereocenters. The smallest absolute Gasteiger partial charge is 0.243 e. The van der Waals surface area contributed by atoms with Gasteiger partial charge in [0.15, 0.2) is 0 Å². The van der Waals surface area contributed by atoms with Crippen molar-refractivity contribution in [3.05, 3.63) is 29.6 Å². The van der Waals surface area contributed by atoms with Crippen LogP contribution >= 0.6 is 0 Å². The number of rotatable bonds is 2. The third kappa shape index (κ3) is 3.34. The lowest BCUT2D eigenvalue weighted by Crippen LogP contribution is -2.42. The minimum atomic E-state index is -3.89. The lowest BCUT2D eigenvalue weighted by Gasteiger charge is -2.25. The van der Waals surface area contributed by atoms with Gasteiger partial charge in [0.05, 0.1) is 4.90 Å². The van der Waals surface area contributed by atoms with E-state index in [-0.39, 0.29) is 24.5 Å². The zero-order valence-corrected chi connectivity index (χ0v) is 12.3. The molecule has 1 N–H and O–H groups in total. The number of hydrogen-bond acceptors (Lipinski definition) is 3. The number of benzene rings is 1. The normalized spacial score (nSPS) is 25.4. The summed E-state index contributed by atoms with van der Waals surface area (Å²) in [4.78, 5) is -0.132. The van der Waals surface area contributed by atoms with E-state index in [2.05, 4.69) is 5.32 Å². The molecule has 0 bridgehead atoms. The van der Waals surface area contributed by atoms with Crippen LogP contribution in [0.3, 0.4) is 0 Å². The molecule has 1 aromatic carbocycles. The van der Waals surface area contributed by atoms with Crippen LogP contribution in [-0.4, -0.2) is 44.6 Å². The van der Waals surface area contributed by atoms with E-state index >= 15 is 0 Å². The molecule has 4 nitrogen and oxygen atoms in total. The molecule has 0 amide bonds. The van der Waals surface area contributed by atoms with Gasteiger partial charge in [-0.1, -0.05) is 0 Å². The van der Waals surface area contributed by atoms with Crippen molar-refractivity contribution in [3.8, 4) is 0 Å². The van der Waals surface area contributed by atoms with E-state index in [0.717, 1.165) is 10.4 Å². The van der Waals surface area contributed by atoms with E-state index in [9.17, 15) is 17.2 Å². The van der Waals surface area contributed by atoms with Gasteiger partial charge in [-0.25, -0.2) is 17.2 Å². The molecule has 1 saturated heterocycles. The highest BCUT2D eigenvalue weighted by atomic mass is 32.2. The number of halogens is 2. The van der Waals surface area contributed by atoms with Crippen LogP contribution in [0.2, 0.25) is 0 Å². The predicted octanol–water partition coefficient (Wildman–Crippen LogP) is 1.46. The van der Waals surface area contributed by atoms with Gasteiger partial charge >= 0.3 is 0 Å². The Morgan fingerprint density at radius 3 is 2.70 bits per heavy atom. The summed E-state index contributed by atoms with van der Waals surface area (Å²) in [5, 5.41) is 2.86. The second-order valence-electron chi connectivity index (χ2n) is 5.39. The number of nitrogens with zero attached hydrogens (tertiary/aromatic N) is 1. The van der Waals surface area contributed by atoms with Crippen molar-refractivity contribution >= 4 is 10.0 Å². The molecule has 2 rings (SSSR count). The summed E-state index contributed by atoms with van der Waals surface area (Å²) in [6, 6.07) is 3.62. The fourth-order valence-electron chi connectivity index (χ4n) is 2.26. The van der Waals surface area contributed by atoms with Gasteiger partial charge in [0, 0.05) is 26.2 Å². The number of alkyl halides is 1. The van der Waals surface area contributed by atoms with E-state index < -0.39 is 21.5 Å². The summed E-state index contributed by atoms with van der Waals surface area (Å²) < 4.78 is 53.6. The molecule has 0 spiro atoms. The van der Waals surface area contributed by atoms with Crippen molar-refractivity contribution in [2.45, 2.75) is 24.4 Å². The van der Waals surface area contributed by atoms with Gasteiger partial charge in [-0.2, -0.15) is 4.31 Å². The maximum atomic E-state index is 14.1. The number of sulfonamides is 1. The topological polar surface area (TPSA) is 49.4 Å². The fraction of sp³-hybridized carbons (Fsp3) is 0.538. The van der Waals surface area contributed by atoms with Gasteiger partial charge < -0.3 is 5.32 Å². The molecule has 112 valence electrons. The molecule has 1 unspecified atom stereocenters. The van der Waals surface area contributed by atoms with Gasteiger partial charge in [0.1, 0.15) is 11.5 Å². The van der Waals surface area contributed by atoms with Gasteiger partial charge in [-0.3, -0.25) is 0 Å². The van der Waals surface area contributed by atoms with E-state index in [1.54, 1.807) is 6.92 Å². The first-order valence-corrected chi connectivity index (χ1v) is 7.82. The van der Waals surface area contributed by atoms with Crippen LogP contribution in [0.5, 0.6) is 0 Å². The van der Waals surface area contributed by atoms with Crippen molar-refractivity contribution in [2.24, 2.45) is 0 Å². The van der Waals surface area contributed by atoms with Gasteiger partial charge in [-0.15, -0.1) is 0 Å². The second kappa shape index (κ2) is 5.38. The molecule has 1 aromatic rings. The Hall–Kier alpha value is -1.05. The molecule has 0 aromatic heterocycles. The van der Waals surface area contributed by atoms with Crippen LogP contribution in [0.1, 0.15) is 12.5 Å². The van der Waals surface area contributed by atoms with Crippen LogP contribution in [0.25, 0.3) is 0 Å². The van der Waals surface area contributed by atoms with Crippen molar-refractivity contribution in [1.82, 2.24) is 9.62 Å². The summed E-state index contributed by atoms with van der Waals surface area (Å²) in [6.45, 7) is 3.36. The molecule has 0 radical (unpaired) electrons. The number of hydrogen-bond donors (Lipinski definition) is 1. The van der Waals surface area contributed by atoms with Crippen LogP contribution < -0.4 is 5.32 Å². The zero-order chi connectivity index (χ0) is 15.0. The SMILES string of the molecule is Cc1cc(F)cc(S(=O)(=O)N2CCNCC(C)(F)C2)c1. The summed E-state index contributed by atoms with van der Waals surface area (Å²) in [7, 11) is -3.89. The minimum absolute atomic E-state index is 0.0984. The zero-order valence-electron chi connectivity index (χ0n) is 11.5. The average Bonchev–Trinajstić information content (AvgIpc) is 2.49. The molecule has 1 fully saturated rings. The van der Waals surface area contributed by atoms with Crippen molar-refractivity contribution in [3.63, 3.8) is 0 Å². The number of aryl methyl sites for hydroxylation is 1. The molecule has 7 heteroatoms. The summed E-state index contributed by atoms with van der Waals surface area (Å²) >= 11 is 0. The highest BCUT2D eigenvalue weighted by Crippen LogP contribution is 2.23. The Morgan fingerprint density at radius 1 is 1.35 bits per heavy atom. The molecule has 1 aliphatic heterocycles. The quantitative estimate of drug-likeness (QED) is 0.900. The van der Waals surface area contributed by atoms with E-state index in [1.807, 2.05) is 0 Å². The molecule has 0 saturated carbocycles. The lowest BCUT2D eigenvalue weighted by atomic mass is 10.1. The van der Waals surface area contributed by atoms with E-state index in [4.69, 9.17) is 0 Å². The molecular formula is C13H18F2N2O2S. The Labute approximate surface area is 117 Å². The van der Waals surface area contributed by atoms with Gasteiger partial charge in [0.2, 0.25) is 10.0 Å². The Kier molecular flexibility index (Phi) is 4.13. The average molecular weight is 304 g/mol. The Morgan fingerprint density at radius 2 is 2.05 bits per heavy atom. The maximum absolute atomic E-state index is 14.1. The summed E-state index contributed by atoms with van der Waals surface area (Å²) in [6.07, 6.45) is 0. The van der Waals surface area contributed by atoms with Crippen molar-refractivity contribution < 1.29 is 17.2 Å². The highest BCUT2D eigenvalue weighted by molar-refractivity contribution is 7.89. The first-order chi connectivity index (χ1) is 9.21. The van der Waals surface area contributed by atoms with Crippen LogP contribution in [-0.2, 0) is 10.0 Å². The Bertz CT molecular complexity index is 582. The van der Waals surface area contributed by atoms with Crippen molar-refractivity contribution in [1.29, 1.82) is 0 Å². The maximum Gasteiger partial charge on any atom is 0.243 e. The first-order valence-electron chi connectivity index (χ1n) is 6.38. The minimum Gasteiger partial charge on any atom is -0.312 e. The standard InChI is InChI=1S/C13H18F2N2O2S/c1-10-5-11(14)7-12(6-10)20(18,19)17-4-3-16-8-13(2,15)9-17/h5-7,16H,3-4,8-9H2,1-2H3. The van der Waals surface area contributed by atoms with Crippen molar-refractivity contribution in [2.75, 3.05) is 26.2 Å². The predicted molar refractivity (Wildman–Crippen MR) is 72.3 cm³/mol. The third-order valence-electron chi connectivity index (χ3n) is 3.19. The first kappa shape index (κ1) is 15.3. The molecule has 1 aliphatic rings. The van der Waals surface area contributed by atoms with Gasteiger partial charge in [-0.05, 0) is 37.6 Å². The summed E-state index contributed by atoms with van der Waals surface area (Å²) in [5.74, 6) is -0.612. The van der Waals surface area contributed by atoms with Crippen LogP contribution in [0, 0.1) is 12.7 Å². The molecule has 1 heterocycles. The highest BCUT2D eigenvalue weighted by Gasteiger charge is 2.35. The summed E-state index contributed by atoms with van der Waals surface area (Å²) in [5.41, 5.74) is -1.13. The third-order valence-corrected chi connectivity index (χ3v) is 5.01. The largest absolute Gasteiger partial charge is 0.312 e. The van der Waals surface area contributed by atoms with E-state index in [1.165, 1.54) is 19.1 Å². The van der Waals surface area contributed by atoms with E-state index in [0.29, 0.717) is 12.1 Å². The van der Waals surface area contributed by atoms with Crippen LogP contribution in [0.15, 0.2) is 23.1 Å². The number of nitrogens with one attached hydrogen (secondary N) is 1. The van der Waals surface area contributed by atoms with Crippen LogP contribution in [0.4, 0.5) is 8.78 Å². The lowest BCUT2D eigenvalue weighted by molar-refractivity contribution is 0.166. The van der Waals surface area contributed by atoms with Gasteiger partial charge in [0.25, 0.3) is 0 Å². The monoisotopic (exact) mass is 304 g/mol. The Balaban J connectivity index is 2.38. The molecule has 0 aliphatic carbocycles.